The number of aryl methyl sites for hydroxylation is 2. The van der Waals surface area contributed by atoms with Gasteiger partial charge in [-0.05, 0) is 25.0 Å². The molecule has 0 radical (unpaired) electrons. The Labute approximate surface area is 183 Å². The molecular weight excluding hydrogens is 376 g/mol. The second-order valence-corrected chi connectivity index (χ2v) is 7.97. The van der Waals surface area contributed by atoms with Crippen LogP contribution in [0, 0.1) is 13.8 Å². The van der Waals surface area contributed by atoms with Crippen LogP contribution in [0.4, 0.5) is 0 Å². The van der Waals surface area contributed by atoms with E-state index in [2.05, 4.69) is 111 Å². The van der Waals surface area contributed by atoms with E-state index < -0.39 is 0 Å². The maximum absolute atomic E-state index is 6.69. The van der Waals surface area contributed by atoms with Gasteiger partial charge < -0.3 is 4.42 Å². The molecule has 0 saturated heterocycles. The molecule has 0 bridgehead atoms. The normalized spacial score (nSPS) is 10.9. The van der Waals surface area contributed by atoms with E-state index in [4.69, 9.17) is 4.42 Å². The number of benzene rings is 4. The molecule has 4 aromatic carbocycles. The van der Waals surface area contributed by atoms with Gasteiger partial charge in [-0.1, -0.05) is 120 Å². The summed E-state index contributed by atoms with van der Waals surface area (Å²) >= 11 is 0. The highest BCUT2D eigenvalue weighted by Gasteiger charge is 2.24. The minimum Gasteiger partial charge on any atom is -0.455 e. The molecule has 1 heterocycles. The first-order chi connectivity index (χ1) is 15.2. The number of furan rings is 1. The molecule has 0 N–H and O–H groups in total. The molecule has 1 heteroatoms. The molecule has 0 aliphatic rings. The predicted octanol–water partition coefficient (Wildman–Crippen LogP) is 8.56. The van der Waals surface area contributed by atoms with E-state index in [0.29, 0.717) is 0 Å². The first-order valence-electron chi connectivity index (χ1n) is 10.6. The van der Waals surface area contributed by atoms with Gasteiger partial charge >= 0.3 is 0 Å². The number of rotatable bonds is 4. The van der Waals surface area contributed by atoms with Crippen LogP contribution in [0.2, 0.25) is 0 Å². The number of hydrogen-bond donors (Lipinski definition) is 0. The van der Waals surface area contributed by atoms with Gasteiger partial charge in [0.2, 0.25) is 0 Å². The Hall–Kier alpha value is -3.84. The molecule has 0 saturated carbocycles. The molecule has 0 fully saturated rings. The van der Waals surface area contributed by atoms with Crippen LogP contribution in [0.3, 0.4) is 0 Å². The van der Waals surface area contributed by atoms with Crippen molar-refractivity contribution in [3.63, 3.8) is 0 Å². The molecule has 31 heavy (non-hydrogen) atoms. The summed E-state index contributed by atoms with van der Waals surface area (Å²) in [6, 6.07) is 38.2. The molecule has 1 nitrogen and oxygen atoms in total. The lowest BCUT2D eigenvalue weighted by Gasteiger charge is -2.09. The van der Waals surface area contributed by atoms with Crippen LogP contribution in [0.5, 0.6) is 0 Å². The van der Waals surface area contributed by atoms with Gasteiger partial charge in [-0.2, -0.15) is 0 Å². The van der Waals surface area contributed by atoms with Gasteiger partial charge in [0.15, 0.2) is 0 Å². The zero-order valence-corrected chi connectivity index (χ0v) is 17.8. The van der Waals surface area contributed by atoms with Crippen molar-refractivity contribution in [3.8, 4) is 44.9 Å². The van der Waals surface area contributed by atoms with Crippen LogP contribution in [0.25, 0.3) is 44.9 Å². The predicted molar refractivity (Wildman–Crippen MR) is 130 cm³/mol. The lowest BCUT2D eigenvalue weighted by Crippen LogP contribution is -1.87. The first kappa shape index (κ1) is 19.1. The first-order valence-corrected chi connectivity index (χ1v) is 10.6. The summed E-state index contributed by atoms with van der Waals surface area (Å²) < 4.78 is 6.69. The van der Waals surface area contributed by atoms with Crippen molar-refractivity contribution in [2.24, 2.45) is 0 Å². The fourth-order valence-electron chi connectivity index (χ4n) is 4.01. The van der Waals surface area contributed by atoms with Crippen molar-refractivity contribution in [2.45, 2.75) is 13.8 Å². The Balaban J connectivity index is 1.88. The van der Waals surface area contributed by atoms with Gasteiger partial charge in [-0.3, -0.25) is 0 Å². The average molecular weight is 401 g/mol. The summed E-state index contributed by atoms with van der Waals surface area (Å²) in [6.07, 6.45) is 0. The minimum absolute atomic E-state index is 0.902. The van der Waals surface area contributed by atoms with E-state index in [1.807, 2.05) is 12.1 Å². The fourth-order valence-corrected chi connectivity index (χ4v) is 4.01. The zero-order chi connectivity index (χ0) is 21.2. The van der Waals surface area contributed by atoms with E-state index in [0.717, 1.165) is 44.9 Å². The second-order valence-electron chi connectivity index (χ2n) is 7.97. The molecule has 150 valence electrons. The lowest BCUT2D eigenvalue weighted by atomic mass is 9.91. The molecule has 5 aromatic rings. The summed E-state index contributed by atoms with van der Waals surface area (Å²) in [5.41, 5.74) is 9.23. The Morgan fingerprint density at radius 3 is 1.10 bits per heavy atom. The van der Waals surface area contributed by atoms with E-state index in [-0.39, 0.29) is 0 Å². The highest BCUT2D eigenvalue weighted by Crippen LogP contribution is 2.48. The smallest absolute Gasteiger partial charge is 0.143 e. The molecule has 0 aliphatic heterocycles. The van der Waals surface area contributed by atoms with Crippen LogP contribution in [0.1, 0.15) is 11.1 Å². The highest BCUT2D eigenvalue weighted by molar-refractivity contribution is 5.99. The van der Waals surface area contributed by atoms with Crippen LogP contribution in [-0.4, -0.2) is 0 Å². The molecule has 0 unspecified atom stereocenters. The molecule has 0 atom stereocenters. The van der Waals surface area contributed by atoms with E-state index in [1.54, 1.807) is 0 Å². The van der Waals surface area contributed by atoms with E-state index in [1.165, 1.54) is 11.1 Å². The molecule has 1 aromatic heterocycles. The van der Waals surface area contributed by atoms with Gasteiger partial charge in [0.25, 0.3) is 0 Å². The molecule has 0 spiro atoms. The maximum atomic E-state index is 6.69. The van der Waals surface area contributed by atoms with Crippen molar-refractivity contribution in [2.75, 3.05) is 0 Å². The summed E-state index contributed by atoms with van der Waals surface area (Å²) in [6.45, 7) is 4.24. The molecular formula is C30H24O. The molecule has 0 aliphatic carbocycles. The maximum Gasteiger partial charge on any atom is 0.143 e. The van der Waals surface area contributed by atoms with Crippen LogP contribution in [-0.2, 0) is 0 Å². The van der Waals surface area contributed by atoms with Crippen molar-refractivity contribution < 1.29 is 4.42 Å². The summed E-state index contributed by atoms with van der Waals surface area (Å²) in [5.74, 6) is 1.80. The summed E-state index contributed by atoms with van der Waals surface area (Å²) in [7, 11) is 0. The largest absolute Gasteiger partial charge is 0.455 e. The van der Waals surface area contributed by atoms with Crippen LogP contribution >= 0.6 is 0 Å². The lowest BCUT2D eigenvalue weighted by molar-refractivity contribution is 0.599. The van der Waals surface area contributed by atoms with Crippen molar-refractivity contribution in [1.82, 2.24) is 0 Å². The summed E-state index contributed by atoms with van der Waals surface area (Å²) in [4.78, 5) is 0. The standard InChI is InChI=1S/C30H24O/c1-21-13-17-23(18-14-21)27-28(24-19-15-22(2)16-20-24)30(26-11-7-4-8-12-26)31-29(27)25-9-5-3-6-10-25/h3-20H,1-2H3. The quantitative estimate of drug-likeness (QED) is 0.294. The monoisotopic (exact) mass is 400 g/mol. The Morgan fingerprint density at radius 1 is 0.387 bits per heavy atom. The van der Waals surface area contributed by atoms with Crippen molar-refractivity contribution in [3.05, 3.63) is 120 Å². The van der Waals surface area contributed by atoms with Crippen molar-refractivity contribution in [1.29, 1.82) is 0 Å². The average Bonchev–Trinajstić information content (AvgIpc) is 3.22. The molecule has 5 rings (SSSR count). The van der Waals surface area contributed by atoms with Gasteiger partial charge in [-0.15, -0.1) is 0 Å². The number of hydrogen-bond acceptors (Lipinski definition) is 1. The third-order valence-electron chi connectivity index (χ3n) is 5.66. The van der Waals surface area contributed by atoms with Crippen molar-refractivity contribution >= 4 is 0 Å². The van der Waals surface area contributed by atoms with Crippen LogP contribution < -0.4 is 0 Å². The Morgan fingerprint density at radius 2 is 0.742 bits per heavy atom. The zero-order valence-electron chi connectivity index (χ0n) is 17.8. The van der Waals surface area contributed by atoms with Gasteiger partial charge in [0, 0.05) is 22.3 Å². The van der Waals surface area contributed by atoms with E-state index >= 15 is 0 Å². The second kappa shape index (κ2) is 8.12. The third-order valence-corrected chi connectivity index (χ3v) is 5.66. The van der Waals surface area contributed by atoms with E-state index in [9.17, 15) is 0 Å². The molecule has 0 amide bonds. The fraction of sp³-hybridized carbons (Fsp3) is 0.0667. The Kier molecular flexibility index (Phi) is 5.01. The third kappa shape index (κ3) is 3.71. The Bertz CT molecular complexity index is 1190. The van der Waals surface area contributed by atoms with Gasteiger partial charge in [0.1, 0.15) is 11.5 Å². The van der Waals surface area contributed by atoms with Crippen LogP contribution in [0.15, 0.2) is 114 Å². The summed E-state index contributed by atoms with van der Waals surface area (Å²) in [5, 5.41) is 0. The van der Waals surface area contributed by atoms with Gasteiger partial charge in [-0.25, -0.2) is 0 Å². The van der Waals surface area contributed by atoms with Gasteiger partial charge in [0.05, 0.1) is 0 Å². The highest BCUT2D eigenvalue weighted by atomic mass is 16.3. The SMILES string of the molecule is Cc1ccc(-c2c(-c3ccccc3)oc(-c3ccccc3)c2-c2ccc(C)cc2)cc1. The topological polar surface area (TPSA) is 13.1 Å². The minimum atomic E-state index is 0.902.